The van der Waals surface area contributed by atoms with Crippen LogP contribution in [0.1, 0.15) is 26.7 Å². The van der Waals surface area contributed by atoms with E-state index in [2.05, 4.69) is 24.1 Å². The monoisotopic (exact) mass is 263 g/mol. The summed E-state index contributed by atoms with van der Waals surface area (Å²) in [6.45, 7) is 5.25. The first-order valence-corrected chi connectivity index (χ1v) is 6.52. The number of rotatable bonds is 6. The fraction of sp³-hybridized carbons (Fsp3) is 0.500. The molecule has 0 radical (unpaired) electrons. The molecule has 0 bridgehead atoms. The van der Waals surface area contributed by atoms with E-state index in [9.17, 15) is 0 Å². The molecule has 5 heteroatoms. The van der Waals surface area contributed by atoms with Gasteiger partial charge in [0.2, 0.25) is 0 Å². The second-order valence-corrected chi connectivity index (χ2v) is 5.56. The number of nitrogen functional groups attached to an aromatic ring is 1. The van der Waals surface area contributed by atoms with Crippen molar-refractivity contribution in [2.24, 2.45) is 5.41 Å². The van der Waals surface area contributed by atoms with Crippen LogP contribution >= 0.6 is 0 Å². The van der Waals surface area contributed by atoms with Gasteiger partial charge in [-0.05, 0) is 30.4 Å². The molecule has 1 heterocycles. The lowest BCUT2D eigenvalue weighted by Gasteiger charge is -2.23. The number of nitrogens with one attached hydrogen (secondary N) is 1. The lowest BCUT2D eigenvalue weighted by atomic mass is 9.88. The summed E-state index contributed by atoms with van der Waals surface area (Å²) in [4.78, 5) is 4.34. The van der Waals surface area contributed by atoms with Gasteiger partial charge in [-0.25, -0.2) is 0 Å². The highest BCUT2D eigenvalue weighted by Crippen LogP contribution is 2.26. The molecule has 104 valence electrons. The number of oxazole rings is 1. The first-order valence-electron chi connectivity index (χ1n) is 6.52. The van der Waals surface area contributed by atoms with Crippen molar-refractivity contribution in [1.29, 1.82) is 0 Å². The molecule has 0 aliphatic heterocycles. The van der Waals surface area contributed by atoms with Gasteiger partial charge in [0.1, 0.15) is 5.52 Å². The van der Waals surface area contributed by atoms with Gasteiger partial charge >= 0.3 is 0 Å². The summed E-state index contributed by atoms with van der Waals surface area (Å²) >= 11 is 0. The quantitative estimate of drug-likeness (QED) is 0.698. The highest BCUT2D eigenvalue weighted by Gasteiger charge is 2.18. The van der Waals surface area contributed by atoms with Crippen LogP contribution in [0, 0.1) is 5.41 Å². The Morgan fingerprint density at radius 1 is 1.42 bits per heavy atom. The minimum Gasteiger partial charge on any atom is -0.423 e. The zero-order valence-corrected chi connectivity index (χ0v) is 11.4. The van der Waals surface area contributed by atoms with Crippen molar-refractivity contribution in [3.8, 4) is 0 Å². The molecule has 0 unspecified atom stereocenters. The summed E-state index contributed by atoms with van der Waals surface area (Å²) in [5.41, 5.74) is 7.92. The summed E-state index contributed by atoms with van der Waals surface area (Å²) in [7, 11) is 0. The second-order valence-electron chi connectivity index (χ2n) is 5.56. The summed E-state index contributed by atoms with van der Waals surface area (Å²) in [6, 6.07) is 5.99. The number of para-hydroxylation sites is 1. The van der Waals surface area contributed by atoms with E-state index in [4.69, 9.17) is 15.3 Å². The van der Waals surface area contributed by atoms with Gasteiger partial charge < -0.3 is 20.6 Å². The van der Waals surface area contributed by atoms with Crippen LogP contribution in [0.4, 0.5) is 11.7 Å². The molecule has 0 spiro atoms. The normalized spacial score (nSPS) is 11.9. The Kier molecular flexibility index (Phi) is 3.95. The van der Waals surface area contributed by atoms with E-state index < -0.39 is 0 Å². The van der Waals surface area contributed by atoms with Crippen molar-refractivity contribution >= 4 is 22.8 Å². The Morgan fingerprint density at radius 2 is 2.21 bits per heavy atom. The van der Waals surface area contributed by atoms with Gasteiger partial charge in [0.15, 0.2) is 5.58 Å². The molecule has 2 aromatic rings. The van der Waals surface area contributed by atoms with Crippen molar-refractivity contribution in [2.75, 3.05) is 24.2 Å². The SMILES string of the molecule is CC(C)(CCCO)CNc1nc2c(N)cccc2o1. The zero-order valence-electron chi connectivity index (χ0n) is 11.4. The summed E-state index contributed by atoms with van der Waals surface area (Å²) < 4.78 is 5.60. The van der Waals surface area contributed by atoms with Crippen molar-refractivity contribution < 1.29 is 9.52 Å². The Morgan fingerprint density at radius 3 is 2.89 bits per heavy atom. The molecule has 0 saturated carbocycles. The maximum absolute atomic E-state index is 8.88. The minimum atomic E-state index is 0.0783. The third-order valence-corrected chi connectivity index (χ3v) is 3.18. The topological polar surface area (TPSA) is 84.3 Å². The molecule has 1 aromatic heterocycles. The molecule has 1 aromatic carbocycles. The van der Waals surface area contributed by atoms with Crippen LogP contribution < -0.4 is 11.1 Å². The Labute approximate surface area is 112 Å². The van der Waals surface area contributed by atoms with Crippen LogP contribution in [-0.2, 0) is 0 Å². The molecule has 0 atom stereocenters. The van der Waals surface area contributed by atoms with Crippen molar-refractivity contribution in [1.82, 2.24) is 4.98 Å². The first-order chi connectivity index (χ1) is 9.02. The second kappa shape index (κ2) is 5.48. The number of hydrogen-bond acceptors (Lipinski definition) is 5. The van der Waals surface area contributed by atoms with Crippen LogP contribution in [0.2, 0.25) is 0 Å². The summed E-state index contributed by atoms with van der Waals surface area (Å²) in [6.07, 6.45) is 1.74. The molecule has 19 heavy (non-hydrogen) atoms. The van der Waals surface area contributed by atoms with Crippen molar-refractivity contribution in [3.05, 3.63) is 18.2 Å². The van der Waals surface area contributed by atoms with Gasteiger partial charge in [-0.15, -0.1) is 0 Å². The van der Waals surface area contributed by atoms with E-state index in [-0.39, 0.29) is 12.0 Å². The van der Waals surface area contributed by atoms with Gasteiger partial charge in [-0.2, -0.15) is 4.98 Å². The molecule has 0 saturated heterocycles. The summed E-state index contributed by atoms with van der Waals surface area (Å²) in [5, 5.41) is 12.1. The maximum atomic E-state index is 8.88. The number of aromatic nitrogens is 1. The Hall–Kier alpha value is -1.75. The van der Waals surface area contributed by atoms with Crippen LogP contribution in [0.5, 0.6) is 0 Å². The van der Waals surface area contributed by atoms with Gasteiger partial charge in [0.05, 0.1) is 5.69 Å². The van der Waals surface area contributed by atoms with E-state index in [1.165, 1.54) is 0 Å². The number of aliphatic hydroxyl groups excluding tert-OH is 1. The molecule has 0 aliphatic carbocycles. The number of hydrogen-bond donors (Lipinski definition) is 3. The van der Waals surface area contributed by atoms with Gasteiger partial charge in [-0.3, -0.25) is 0 Å². The standard InChI is InChI=1S/C14H21N3O2/c1-14(2,7-4-8-18)9-16-13-17-12-10(15)5-3-6-11(12)19-13/h3,5-6,18H,4,7-9,15H2,1-2H3,(H,16,17). The fourth-order valence-corrected chi connectivity index (χ4v) is 2.01. The average Bonchev–Trinajstić information content (AvgIpc) is 2.79. The molecule has 0 fully saturated rings. The third-order valence-electron chi connectivity index (χ3n) is 3.18. The van der Waals surface area contributed by atoms with Crippen molar-refractivity contribution in [3.63, 3.8) is 0 Å². The Balaban J connectivity index is 2.04. The van der Waals surface area contributed by atoms with Gasteiger partial charge in [0.25, 0.3) is 6.01 Å². The smallest absolute Gasteiger partial charge is 0.295 e. The predicted octanol–water partition coefficient (Wildman–Crippen LogP) is 2.62. The van der Waals surface area contributed by atoms with Crippen LogP contribution in [0.3, 0.4) is 0 Å². The van der Waals surface area contributed by atoms with Crippen molar-refractivity contribution in [2.45, 2.75) is 26.7 Å². The maximum Gasteiger partial charge on any atom is 0.295 e. The largest absolute Gasteiger partial charge is 0.423 e. The van der Waals surface area contributed by atoms with Crippen LogP contribution in [0.15, 0.2) is 22.6 Å². The lowest BCUT2D eigenvalue weighted by Crippen LogP contribution is -2.23. The average molecular weight is 263 g/mol. The zero-order chi connectivity index (χ0) is 13.9. The molecule has 2 rings (SSSR count). The number of fused-ring (bicyclic) bond motifs is 1. The van der Waals surface area contributed by atoms with Crippen LogP contribution in [-0.4, -0.2) is 23.2 Å². The molecular weight excluding hydrogens is 242 g/mol. The van der Waals surface area contributed by atoms with E-state index in [0.717, 1.165) is 19.4 Å². The third kappa shape index (κ3) is 3.38. The molecule has 0 amide bonds. The number of aliphatic hydroxyl groups is 1. The molecule has 0 aliphatic rings. The van der Waals surface area contributed by atoms with Crippen LogP contribution in [0.25, 0.3) is 11.1 Å². The highest BCUT2D eigenvalue weighted by molar-refractivity contribution is 5.86. The van der Waals surface area contributed by atoms with Gasteiger partial charge in [0, 0.05) is 13.2 Å². The highest BCUT2D eigenvalue weighted by atomic mass is 16.4. The fourth-order valence-electron chi connectivity index (χ4n) is 2.01. The molecular formula is C14H21N3O2. The van der Waals surface area contributed by atoms with E-state index in [0.29, 0.717) is 22.8 Å². The number of anilines is 2. The van der Waals surface area contributed by atoms with Gasteiger partial charge in [-0.1, -0.05) is 19.9 Å². The summed E-state index contributed by atoms with van der Waals surface area (Å²) in [5.74, 6) is 0. The Bertz CT molecular complexity index is 549. The number of nitrogens with zero attached hydrogens (tertiary/aromatic N) is 1. The predicted molar refractivity (Wildman–Crippen MR) is 77.0 cm³/mol. The minimum absolute atomic E-state index is 0.0783. The lowest BCUT2D eigenvalue weighted by molar-refractivity contribution is 0.247. The van der Waals surface area contributed by atoms with E-state index in [1.807, 2.05) is 12.1 Å². The molecule has 4 N–H and O–H groups in total. The van der Waals surface area contributed by atoms with E-state index >= 15 is 0 Å². The number of nitrogens with two attached hydrogens (primary N) is 1. The van der Waals surface area contributed by atoms with E-state index in [1.54, 1.807) is 6.07 Å². The molecule has 5 nitrogen and oxygen atoms in total. The first kappa shape index (κ1) is 13.7. The number of benzene rings is 1.